The van der Waals surface area contributed by atoms with E-state index < -0.39 is 11.8 Å². The van der Waals surface area contributed by atoms with Gasteiger partial charge >= 0.3 is 6.03 Å². The van der Waals surface area contributed by atoms with Crippen molar-refractivity contribution in [2.75, 3.05) is 55.2 Å². The van der Waals surface area contributed by atoms with Gasteiger partial charge in [-0.1, -0.05) is 17.4 Å². The molecule has 198 valence electrons. The van der Waals surface area contributed by atoms with Crippen LogP contribution in [0.5, 0.6) is 5.75 Å². The molecule has 0 saturated heterocycles. The van der Waals surface area contributed by atoms with Crippen LogP contribution >= 0.6 is 11.3 Å². The summed E-state index contributed by atoms with van der Waals surface area (Å²) in [6, 6.07) is 12.4. The number of likely N-dealkylation sites (N-methyl/N-ethyl adjacent to an activating group) is 1. The van der Waals surface area contributed by atoms with Gasteiger partial charge in [-0.15, -0.1) is 0 Å². The van der Waals surface area contributed by atoms with Crippen LogP contribution in [0, 0.1) is 5.82 Å². The molecule has 0 radical (unpaired) electrons. The Balaban J connectivity index is 1.63. The van der Waals surface area contributed by atoms with Crippen molar-refractivity contribution in [1.82, 2.24) is 15.0 Å². The van der Waals surface area contributed by atoms with Gasteiger partial charge in [-0.3, -0.25) is 0 Å². The van der Waals surface area contributed by atoms with Crippen molar-refractivity contribution in [3.05, 3.63) is 60.5 Å². The number of nitrogens with zero attached hydrogens (tertiary/aromatic N) is 4. The van der Waals surface area contributed by atoms with Crippen LogP contribution in [-0.2, 0) is 4.74 Å². The maximum Gasteiger partial charge on any atom is 0.323 e. The smallest absolute Gasteiger partial charge is 0.323 e. The number of nitrogens with two attached hydrogens (primary N) is 1. The van der Waals surface area contributed by atoms with Crippen molar-refractivity contribution in [3.8, 4) is 27.6 Å². The molecule has 0 spiro atoms. The minimum absolute atomic E-state index is 0.0151. The minimum Gasteiger partial charge on any atom is -0.497 e. The molecule has 0 bridgehead atoms. The molecule has 4 aromatic rings. The van der Waals surface area contributed by atoms with Gasteiger partial charge in [-0.05, 0) is 55.0 Å². The van der Waals surface area contributed by atoms with Gasteiger partial charge in [-0.2, -0.15) is 0 Å². The molecular formula is C26H28FN7O3S. The van der Waals surface area contributed by atoms with Crippen LogP contribution in [0.15, 0.2) is 54.7 Å². The van der Waals surface area contributed by atoms with Gasteiger partial charge in [0.05, 0.1) is 30.0 Å². The Kier molecular flexibility index (Phi) is 8.66. The fourth-order valence-corrected chi connectivity index (χ4v) is 4.57. The molecule has 0 unspecified atom stereocenters. The van der Waals surface area contributed by atoms with E-state index in [1.807, 2.05) is 18.9 Å². The monoisotopic (exact) mass is 537 g/mol. The van der Waals surface area contributed by atoms with Gasteiger partial charge in [0.1, 0.15) is 17.3 Å². The molecule has 12 heteroatoms. The summed E-state index contributed by atoms with van der Waals surface area (Å²) in [5.41, 5.74) is 8.13. The number of thiazole rings is 1. The number of carbonyl (C=O) groups is 1. The van der Waals surface area contributed by atoms with Crippen LogP contribution < -0.4 is 26.0 Å². The van der Waals surface area contributed by atoms with Gasteiger partial charge in [-0.25, -0.2) is 24.1 Å². The highest BCUT2D eigenvalue weighted by Crippen LogP contribution is 2.40. The third-order valence-electron chi connectivity index (χ3n) is 5.46. The molecule has 0 fully saturated rings. The summed E-state index contributed by atoms with van der Waals surface area (Å²) < 4.78 is 25.3. The second kappa shape index (κ2) is 12.3. The summed E-state index contributed by atoms with van der Waals surface area (Å²) in [7, 11) is 3.47. The lowest BCUT2D eigenvalue weighted by Crippen LogP contribution is -2.22. The SMILES string of the molecule is CCOCCN(C)c1nc(-c2ccnc(N)n2)c(-c2ccc(F)c(NC(=O)Nc3ccc(OC)cc3)c2)s1. The molecule has 0 aliphatic heterocycles. The van der Waals surface area contributed by atoms with Crippen LogP contribution in [0.4, 0.5) is 31.6 Å². The average Bonchev–Trinajstić information content (AvgIpc) is 3.36. The normalized spacial score (nSPS) is 10.7. The van der Waals surface area contributed by atoms with E-state index in [1.165, 1.54) is 17.4 Å². The first-order valence-corrected chi connectivity index (χ1v) is 12.6. The van der Waals surface area contributed by atoms with E-state index in [1.54, 1.807) is 55.8 Å². The molecule has 4 N–H and O–H groups in total. The number of halogens is 1. The van der Waals surface area contributed by atoms with Crippen molar-refractivity contribution in [2.45, 2.75) is 6.92 Å². The number of anilines is 4. The molecule has 2 aromatic heterocycles. The van der Waals surface area contributed by atoms with Crippen molar-refractivity contribution in [2.24, 2.45) is 0 Å². The molecule has 0 saturated carbocycles. The number of carbonyl (C=O) groups excluding carboxylic acids is 1. The Morgan fingerprint density at radius 2 is 1.92 bits per heavy atom. The number of methoxy groups -OCH3 is 1. The number of amides is 2. The zero-order valence-electron chi connectivity index (χ0n) is 21.2. The summed E-state index contributed by atoms with van der Waals surface area (Å²) >= 11 is 1.41. The Hall–Kier alpha value is -4.29. The second-order valence-electron chi connectivity index (χ2n) is 8.09. The Labute approximate surface area is 223 Å². The first-order chi connectivity index (χ1) is 18.4. The number of nitrogens with one attached hydrogen (secondary N) is 2. The van der Waals surface area contributed by atoms with Crippen LogP contribution in [0.25, 0.3) is 21.8 Å². The average molecular weight is 538 g/mol. The van der Waals surface area contributed by atoms with Crippen LogP contribution in [0.2, 0.25) is 0 Å². The largest absolute Gasteiger partial charge is 0.497 e. The van der Waals surface area contributed by atoms with Gasteiger partial charge in [0.2, 0.25) is 5.95 Å². The number of urea groups is 1. The lowest BCUT2D eigenvalue weighted by Gasteiger charge is -2.15. The fraction of sp³-hybridized carbons (Fsp3) is 0.231. The Morgan fingerprint density at radius 3 is 2.63 bits per heavy atom. The van der Waals surface area contributed by atoms with Gasteiger partial charge < -0.3 is 30.7 Å². The molecule has 10 nitrogen and oxygen atoms in total. The third kappa shape index (κ3) is 6.52. The Bertz CT molecular complexity index is 1400. The summed E-state index contributed by atoms with van der Waals surface area (Å²) in [4.78, 5) is 28.4. The van der Waals surface area contributed by atoms with Crippen molar-refractivity contribution in [3.63, 3.8) is 0 Å². The number of hydrogen-bond acceptors (Lipinski definition) is 9. The highest BCUT2D eigenvalue weighted by molar-refractivity contribution is 7.19. The van der Waals surface area contributed by atoms with Crippen LogP contribution in [0.3, 0.4) is 0 Å². The van der Waals surface area contributed by atoms with E-state index in [2.05, 4.69) is 20.6 Å². The second-order valence-corrected chi connectivity index (χ2v) is 9.07. The van der Waals surface area contributed by atoms with Crippen LogP contribution in [-0.4, -0.2) is 54.9 Å². The molecule has 2 amide bonds. The van der Waals surface area contributed by atoms with Gasteiger partial charge in [0.25, 0.3) is 0 Å². The number of aromatic nitrogens is 3. The predicted octanol–water partition coefficient (Wildman–Crippen LogP) is 5.11. The fourth-order valence-electron chi connectivity index (χ4n) is 3.51. The summed E-state index contributed by atoms with van der Waals surface area (Å²) in [6.45, 7) is 3.75. The highest BCUT2D eigenvalue weighted by Gasteiger charge is 2.20. The van der Waals surface area contributed by atoms with Crippen molar-refractivity contribution >= 4 is 39.8 Å². The van der Waals surface area contributed by atoms with Crippen LogP contribution in [0.1, 0.15) is 6.92 Å². The summed E-state index contributed by atoms with van der Waals surface area (Å²) in [6.07, 6.45) is 1.56. The first-order valence-electron chi connectivity index (χ1n) is 11.8. The molecule has 0 atom stereocenters. The zero-order chi connectivity index (χ0) is 27.1. The predicted molar refractivity (Wildman–Crippen MR) is 148 cm³/mol. The van der Waals surface area contributed by atoms with E-state index in [9.17, 15) is 9.18 Å². The number of nitrogen functional groups attached to an aromatic ring is 1. The molecular weight excluding hydrogens is 509 g/mol. The van der Waals surface area contributed by atoms with Crippen molar-refractivity contribution in [1.29, 1.82) is 0 Å². The third-order valence-corrected chi connectivity index (χ3v) is 6.68. The first kappa shape index (κ1) is 26.8. The number of ether oxygens (including phenoxy) is 2. The quantitative estimate of drug-likeness (QED) is 0.238. The number of rotatable bonds is 10. The topological polar surface area (TPSA) is 128 Å². The van der Waals surface area contributed by atoms with E-state index in [0.717, 1.165) is 10.0 Å². The maximum absolute atomic E-state index is 14.7. The molecule has 2 aromatic carbocycles. The Morgan fingerprint density at radius 1 is 1.13 bits per heavy atom. The molecule has 0 aliphatic rings. The maximum atomic E-state index is 14.7. The van der Waals surface area contributed by atoms with Gasteiger partial charge in [0, 0.05) is 32.1 Å². The zero-order valence-corrected chi connectivity index (χ0v) is 22.0. The van der Waals surface area contributed by atoms with E-state index >= 15 is 0 Å². The summed E-state index contributed by atoms with van der Waals surface area (Å²) in [5, 5.41) is 5.99. The lowest BCUT2D eigenvalue weighted by atomic mass is 10.1. The highest BCUT2D eigenvalue weighted by atomic mass is 32.1. The molecule has 4 rings (SSSR count). The summed E-state index contributed by atoms with van der Waals surface area (Å²) in [5.74, 6) is 0.192. The molecule has 38 heavy (non-hydrogen) atoms. The molecule has 0 aliphatic carbocycles. The van der Waals surface area contributed by atoms with E-state index in [0.29, 0.717) is 48.1 Å². The number of hydrogen-bond donors (Lipinski definition) is 3. The minimum atomic E-state index is -0.587. The number of benzene rings is 2. The van der Waals surface area contributed by atoms with Crippen molar-refractivity contribution < 1.29 is 18.7 Å². The van der Waals surface area contributed by atoms with E-state index in [-0.39, 0.29) is 11.6 Å². The lowest BCUT2D eigenvalue weighted by molar-refractivity contribution is 0.154. The van der Waals surface area contributed by atoms with Gasteiger partial charge in [0.15, 0.2) is 5.13 Å². The van der Waals surface area contributed by atoms with E-state index in [4.69, 9.17) is 20.2 Å². The standard InChI is InChI=1S/C26H28FN7O3S/c1-4-37-14-13-34(2)26-33-22(20-11-12-29-24(28)31-20)23(38-26)16-5-10-19(27)21(15-16)32-25(35)30-17-6-8-18(36-3)9-7-17/h5-12,15H,4,13-14H2,1-3H3,(H2,28,29,31)(H2,30,32,35). The molecule has 2 heterocycles.